The lowest BCUT2D eigenvalue weighted by Crippen LogP contribution is -2.09. The number of hydrogen-bond acceptors (Lipinski definition) is 2. The van der Waals surface area contributed by atoms with Crippen molar-refractivity contribution in [3.8, 4) is 5.75 Å². The molecule has 1 aromatic rings. The van der Waals surface area contributed by atoms with Gasteiger partial charge in [0.05, 0.1) is 2.74 Å². The summed E-state index contributed by atoms with van der Waals surface area (Å²) in [4.78, 5) is 10.5. The SMILES string of the molecule is [3H]c1cccc(OC(=O)CF)c1[3H]. The van der Waals surface area contributed by atoms with Crippen molar-refractivity contribution in [2.75, 3.05) is 6.67 Å². The number of halogens is 1. The van der Waals surface area contributed by atoms with Crippen LogP contribution in [-0.4, -0.2) is 12.6 Å². The largest absolute Gasteiger partial charge is 0.425 e. The fraction of sp³-hybridized carbons (Fsp3) is 0.125. The van der Waals surface area contributed by atoms with Gasteiger partial charge in [0.15, 0.2) is 6.67 Å². The third kappa shape index (κ3) is 2.37. The van der Waals surface area contributed by atoms with Gasteiger partial charge in [0.1, 0.15) is 5.75 Å². The lowest BCUT2D eigenvalue weighted by Gasteiger charge is -1.98. The standard InChI is InChI=1S/C8H7FO2/c9-6-8(10)11-7-4-2-1-3-5-7/h1-5H,6H2/i2T,4T. The Labute approximate surface area is 66.4 Å². The van der Waals surface area contributed by atoms with Crippen molar-refractivity contribution in [2.24, 2.45) is 0 Å². The summed E-state index contributed by atoms with van der Waals surface area (Å²) in [5.74, 6) is -1.14. The number of carbonyl (C=O) groups excluding carboxylic acids is 1. The van der Waals surface area contributed by atoms with E-state index in [1.165, 1.54) is 18.2 Å². The number of esters is 1. The van der Waals surface area contributed by atoms with Gasteiger partial charge in [0, 0.05) is 0 Å². The minimum absolute atomic E-state index is 0.0656. The molecule has 0 atom stereocenters. The maximum Gasteiger partial charge on any atom is 0.342 e. The highest BCUT2D eigenvalue weighted by atomic mass is 19.1. The molecule has 0 aromatic heterocycles. The van der Waals surface area contributed by atoms with Crippen LogP contribution in [0.2, 0.25) is 0 Å². The molecule has 0 fully saturated rings. The zero-order valence-electron chi connectivity index (χ0n) is 7.63. The predicted molar refractivity (Wildman–Crippen MR) is 38.1 cm³/mol. The van der Waals surface area contributed by atoms with Crippen LogP contribution in [0.4, 0.5) is 4.39 Å². The van der Waals surface area contributed by atoms with Crippen molar-refractivity contribution >= 4 is 5.97 Å². The van der Waals surface area contributed by atoms with Crippen LogP contribution in [0.5, 0.6) is 5.75 Å². The van der Waals surface area contributed by atoms with Crippen LogP contribution in [0.15, 0.2) is 30.3 Å². The Hall–Kier alpha value is -1.38. The molecular weight excluding hydrogens is 147 g/mol. The van der Waals surface area contributed by atoms with Gasteiger partial charge in [-0.15, -0.1) is 0 Å². The molecule has 58 valence electrons. The Morgan fingerprint density at radius 3 is 3.27 bits per heavy atom. The maximum atomic E-state index is 11.7. The second-order valence-electron chi connectivity index (χ2n) is 1.77. The van der Waals surface area contributed by atoms with Gasteiger partial charge >= 0.3 is 5.97 Å². The van der Waals surface area contributed by atoms with Gasteiger partial charge < -0.3 is 4.74 Å². The summed E-state index contributed by atoms with van der Waals surface area (Å²) >= 11 is 0. The molecule has 0 unspecified atom stereocenters. The molecule has 0 saturated heterocycles. The first-order valence-electron chi connectivity index (χ1n) is 3.98. The smallest absolute Gasteiger partial charge is 0.342 e. The quantitative estimate of drug-likeness (QED) is 0.482. The zero-order chi connectivity index (χ0) is 9.84. The van der Waals surface area contributed by atoms with Crippen LogP contribution in [0.1, 0.15) is 2.74 Å². The van der Waals surface area contributed by atoms with Crippen LogP contribution in [-0.2, 0) is 4.79 Å². The number of rotatable bonds is 2. The van der Waals surface area contributed by atoms with Crippen LogP contribution < -0.4 is 4.74 Å². The summed E-state index contributed by atoms with van der Waals surface area (Å²) in [5, 5.41) is 0. The van der Waals surface area contributed by atoms with Crippen molar-refractivity contribution in [3.05, 3.63) is 30.3 Å². The molecule has 1 rings (SSSR count). The highest BCUT2D eigenvalue weighted by Crippen LogP contribution is 2.07. The van der Waals surface area contributed by atoms with Gasteiger partial charge in [-0.25, -0.2) is 9.18 Å². The van der Waals surface area contributed by atoms with Gasteiger partial charge in [-0.3, -0.25) is 0 Å². The van der Waals surface area contributed by atoms with Gasteiger partial charge in [0.25, 0.3) is 0 Å². The van der Waals surface area contributed by atoms with Gasteiger partial charge in [0.2, 0.25) is 0 Å². The van der Waals surface area contributed by atoms with Crippen LogP contribution in [0.3, 0.4) is 0 Å². The van der Waals surface area contributed by atoms with E-state index in [-0.39, 0.29) is 17.8 Å². The molecule has 0 saturated carbocycles. The molecule has 3 heteroatoms. The van der Waals surface area contributed by atoms with E-state index in [0.29, 0.717) is 0 Å². The molecule has 11 heavy (non-hydrogen) atoms. The Morgan fingerprint density at radius 2 is 2.55 bits per heavy atom. The average molecular weight is 158 g/mol. The molecule has 0 spiro atoms. The van der Waals surface area contributed by atoms with E-state index in [9.17, 15) is 9.18 Å². The second-order valence-corrected chi connectivity index (χ2v) is 1.77. The molecule has 0 N–H and O–H groups in total. The summed E-state index contributed by atoms with van der Waals surface area (Å²) < 4.78 is 30.6. The average Bonchev–Trinajstić information content (AvgIpc) is 2.13. The van der Waals surface area contributed by atoms with E-state index in [2.05, 4.69) is 4.74 Å². The molecule has 0 amide bonds. The summed E-state index contributed by atoms with van der Waals surface area (Å²) in [6.07, 6.45) is 0. The highest BCUT2D eigenvalue weighted by Gasteiger charge is 2.00. The highest BCUT2D eigenvalue weighted by molar-refractivity contribution is 5.73. The van der Waals surface area contributed by atoms with Crippen molar-refractivity contribution in [1.82, 2.24) is 0 Å². The zero-order valence-corrected chi connectivity index (χ0v) is 5.63. The van der Waals surface area contributed by atoms with Gasteiger partial charge in [-0.2, -0.15) is 0 Å². The molecule has 0 heterocycles. The Morgan fingerprint density at radius 1 is 1.73 bits per heavy atom. The maximum absolute atomic E-state index is 11.7. The lowest BCUT2D eigenvalue weighted by atomic mass is 10.3. The second kappa shape index (κ2) is 3.71. The minimum atomic E-state index is -1.23. The van der Waals surface area contributed by atoms with E-state index in [1.807, 2.05) is 0 Å². The fourth-order valence-electron chi connectivity index (χ4n) is 0.548. The summed E-state index contributed by atoms with van der Waals surface area (Å²) in [6.45, 7) is -1.23. The molecule has 1 aromatic carbocycles. The Balaban J connectivity index is 2.89. The number of benzene rings is 1. The first kappa shape index (κ1) is 5.29. The van der Waals surface area contributed by atoms with E-state index in [0.717, 1.165) is 0 Å². The molecule has 0 aliphatic rings. The number of ether oxygens (including phenoxy) is 1. The minimum Gasteiger partial charge on any atom is -0.425 e. The molecule has 0 aliphatic heterocycles. The summed E-state index contributed by atoms with van der Waals surface area (Å²) in [7, 11) is 0. The molecule has 0 radical (unpaired) electrons. The summed E-state index contributed by atoms with van der Waals surface area (Å²) in [6, 6.07) is 3.90. The van der Waals surface area contributed by atoms with Crippen LogP contribution in [0, 0.1) is 0 Å². The van der Waals surface area contributed by atoms with E-state index >= 15 is 0 Å². The number of carbonyl (C=O) groups is 1. The molecule has 0 bridgehead atoms. The number of alkyl halides is 1. The molecular formula is C8H7FO2. The number of para-hydroxylation sites is 1. The number of hydrogen-bond donors (Lipinski definition) is 0. The third-order valence-electron chi connectivity index (χ3n) is 0.955. The Bertz CT molecular complexity index is 328. The van der Waals surface area contributed by atoms with Crippen LogP contribution in [0.25, 0.3) is 0 Å². The van der Waals surface area contributed by atoms with E-state index < -0.39 is 12.6 Å². The summed E-state index contributed by atoms with van der Waals surface area (Å²) in [5.41, 5.74) is 0. The van der Waals surface area contributed by atoms with Crippen LogP contribution >= 0.6 is 0 Å². The topological polar surface area (TPSA) is 26.3 Å². The van der Waals surface area contributed by atoms with Gasteiger partial charge in [-0.1, -0.05) is 18.2 Å². The molecule has 0 aliphatic carbocycles. The third-order valence-corrected chi connectivity index (χ3v) is 0.955. The predicted octanol–water partition coefficient (Wildman–Crippen LogP) is 1.56. The lowest BCUT2D eigenvalue weighted by molar-refractivity contribution is -0.135. The Kier molecular flexibility index (Phi) is 1.78. The monoisotopic (exact) mass is 158 g/mol. The van der Waals surface area contributed by atoms with Crippen molar-refractivity contribution in [2.45, 2.75) is 0 Å². The van der Waals surface area contributed by atoms with E-state index in [4.69, 9.17) is 2.74 Å². The first-order chi connectivity index (χ1) is 6.15. The van der Waals surface area contributed by atoms with Crippen molar-refractivity contribution in [1.29, 1.82) is 0 Å². The van der Waals surface area contributed by atoms with Crippen molar-refractivity contribution in [3.63, 3.8) is 0 Å². The first-order valence-corrected chi connectivity index (χ1v) is 2.98. The van der Waals surface area contributed by atoms with Crippen molar-refractivity contribution < 1.29 is 16.7 Å². The normalized spacial score (nSPS) is 11.7. The molecule has 2 nitrogen and oxygen atoms in total. The van der Waals surface area contributed by atoms with E-state index in [1.54, 1.807) is 0 Å². The van der Waals surface area contributed by atoms with Gasteiger partial charge in [-0.05, 0) is 12.1 Å². The fourth-order valence-corrected chi connectivity index (χ4v) is 0.548.